The van der Waals surface area contributed by atoms with Gasteiger partial charge in [0.15, 0.2) is 0 Å². The molecule has 88 valence electrons. The van der Waals surface area contributed by atoms with Crippen LogP contribution in [0, 0.1) is 5.41 Å². The molecule has 1 aliphatic rings. The maximum atomic E-state index is 11.9. The highest BCUT2D eigenvalue weighted by Crippen LogP contribution is 2.64. The predicted molar refractivity (Wildman–Crippen MR) is 63.7 cm³/mol. The van der Waals surface area contributed by atoms with Crippen molar-refractivity contribution < 1.29 is 4.79 Å². The molecule has 1 aromatic rings. The number of rotatable bonds is 3. The van der Waals surface area contributed by atoms with E-state index in [9.17, 15) is 4.79 Å². The minimum atomic E-state index is -0.933. The van der Waals surface area contributed by atoms with E-state index in [2.05, 4.69) is 10.4 Å². The van der Waals surface area contributed by atoms with Gasteiger partial charge in [-0.2, -0.15) is 5.10 Å². The van der Waals surface area contributed by atoms with Gasteiger partial charge in [-0.3, -0.25) is 9.48 Å². The van der Waals surface area contributed by atoms with E-state index in [1.165, 1.54) is 0 Å². The molecule has 4 nitrogen and oxygen atoms in total. The Morgan fingerprint density at radius 3 is 2.75 bits per heavy atom. The summed E-state index contributed by atoms with van der Waals surface area (Å²) < 4.78 is 0.803. The molecule has 1 amide bonds. The molecule has 0 radical (unpaired) electrons. The molecule has 1 atom stereocenters. The second-order valence-electron chi connectivity index (χ2n) is 4.25. The van der Waals surface area contributed by atoms with Gasteiger partial charge < -0.3 is 5.32 Å². The van der Waals surface area contributed by atoms with Gasteiger partial charge in [0.25, 0.3) is 0 Å². The van der Waals surface area contributed by atoms with Crippen LogP contribution in [0.1, 0.15) is 20.3 Å². The molecule has 0 spiro atoms. The lowest BCUT2D eigenvalue weighted by atomic mass is 10.1. The van der Waals surface area contributed by atoms with E-state index in [1.54, 1.807) is 24.0 Å². The van der Waals surface area contributed by atoms with Gasteiger partial charge in [-0.15, -0.1) is 23.2 Å². The van der Waals surface area contributed by atoms with E-state index in [0.717, 1.165) is 6.54 Å². The summed E-state index contributed by atoms with van der Waals surface area (Å²) in [6.45, 7) is 4.50. The lowest BCUT2D eigenvalue weighted by Crippen LogP contribution is -2.25. The van der Waals surface area contributed by atoms with Gasteiger partial charge in [0, 0.05) is 12.7 Å². The Balaban J connectivity index is 2.04. The van der Waals surface area contributed by atoms with Crippen LogP contribution in [0.25, 0.3) is 0 Å². The third-order valence-corrected chi connectivity index (χ3v) is 4.08. The summed E-state index contributed by atoms with van der Waals surface area (Å²) >= 11 is 11.9. The summed E-state index contributed by atoms with van der Waals surface area (Å²) in [5.41, 5.74) is -0.0196. The molecule has 1 unspecified atom stereocenters. The molecule has 0 aliphatic heterocycles. The molecule has 0 bridgehead atoms. The van der Waals surface area contributed by atoms with Crippen LogP contribution in [0.3, 0.4) is 0 Å². The van der Waals surface area contributed by atoms with Crippen LogP contribution in [0.5, 0.6) is 0 Å². The normalized spacial score (nSPS) is 26.5. The minimum Gasteiger partial charge on any atom is -0.323 e. The molecule has 1 aromatic heterocycles. The molecule has 16 heavy (non-hydrogen) atoms. The first-order valence-corrected chi connectivity index (χ1v) is 5.86. The number of hydrogen-bond donors (Lipinski definition) is 1. The number of carbonyl (C=O) groups excluding carboxylic acids is 1. The topological polar surface area (TPSA) is 46.9 Å². The molecule has 1 heterocycles. The number of aromatic nitrogens is 2. The van der Waals surface area contributed by atoms with Gasteiger partial charge in [-0.25, -0.2) is 0 Å². The fraction of sp³-hybridized carbons (Fsp3) is 0.600. The van der Waals surface area contributed by atoms with Crippen LogP contribution in [-0.4, -0.2) is 20.0 Å². The van der Waals surface area contributed by atoms with Crippen LogP contribution in [0.15, 0.2) is 12.4 Å². The third-order valence-electron chi connectivity index (χ3n) is 2.97. The van der Waals surface area contributed by atoms with Crippen molar-refractivity contribution >= 4 is 34.8 Å². The number of nitrogens with one attached hydrogen (secondary N) is 1. The summed E-state index contributed by atoms with van der Waals surface area (Å²) in [7, 11) is 0. The Labute approximate surface area is 104 Å². The van der Waals surface area contributed by atoms with Gasteiger partial charge in [-0.1, -0.05) is 0 Å². The summed E-state index contributed by atoms with van der Waals surface area (Å²) in [5.74, 6) is -0.159. The SMILES string of the molecule is CCn1cc(NC(=O)C2(C)CC2(Cl)Cl)cn1. The number of halogens is 2. The van der Waals surface area contributed by atoms with Crippen LogP contribution in [0.2, 0.25) is 0 Å². The zero-order valence-corrected chi connectivity index (χ0v) is 10.6. The van der Waals surface area contributed by atoms with Crippen molar-refractivity contribution in [3.63, 3.8) is 0 Å². The van der Waals surface area contributed by atoms with Crippen LogP contribution < -0.4 is 5.32 Å². The van der Waals surface area contributed by atoms with Gasteiger partial charge in [-0.05, 0) is 20.3 Å². The summed E-state index contributed by atoms with van der Waals surface area (Å²) in [4.78, 5) is 11.9. The number of nitrogens with zero attached hydrogens (tertiary/aromatic N) is 2. The average molecular weight is 262 g/mol. The number of anilines is 1. The third kappa shape index (κ3) is 1.80. The van der Waals surface area contributed by atoms with E-state index in [-0.39, 0.29) is 5.91 Å². The zero-order chi connectivity index (χ0) is 12.0. The molecule has 1 saturated carbocycles. The molecule has 1 aliphatic carbocycles. The van der Waals surface area contributed by atoms with E-state index >= 15 is 0 Å². The monoisotopic (exact) mass is 261 g/mol. The maximum absolute atomic E-state index is 11.9. The maximum Gasteiger partial charge on any atom is 0.233 e. The lowest BCUT2D eigenvalue weighted by Gasteiger charge is -2.10. The van der Waals surface area contributed by atoms with Crippen molar-refractivity contribution in [2.24, 2.45) is 5.41 Å². The molecule has 1 N–H and O–H groups in total. The molecular weight excluding hydrogens is 249 g/mol. The quantitative estimate of drug-likeness (QED) is 0.850. The average Bonchev–Trinajstić information content (AvgIpc) is 2.62. The Morgan fingerprint density at radius 1 is 1.69 bits per heavy atom. The number of alkyl halides is 2. The Bertz CT molecular complexity index is 429. The standard InChI is InChI=1S/C10H13Cl2N3O/c1-3-15-5-7(4-13-15)14-8(16)9(2)6-10(9,11)12/h4-5H,3,6H2,1-2H3,(H,14,16). The van der Waals surface area contributed by atoms with Crippen molar-refractivity contribution in [2.45, 2.75) is 31.1 Å². The van der Waals surface area contributed by atoms with Gasteiger partial charge in [0.1, 0.15) is 4.33 Å². The van der Waals surface area contributed by atoms with Crippen molar-refractivity contribution in [1.82, 2.24) is 9.78 Å². The molecule has 2 rings (SSSR count). The summed E-state index contributed by atoms with van der Waals surface area (Å²) in [6, 6.07) is 0. The number of hydrogen-bond acceptors (Lipinski definition) is 2. The van der Waals surface area contributed by atoms with Gasteiger partial charge in [0.2, 0.25) is 5.91 Å². The van der Waals surface area contributed by atoms with Crippen molar-refractivity contribution in [3.8, 4) is 0 Å². The molecule has 1 fully saturated rings. The number of amides is 1. The first kappa shape index (κ1) is 11.7. The van der Waals surface area contributed by atoms with E-state index in [4.69, 9.17) is 23.2 Å². The van der Waals surface area contributed by atoms with Crippen molar-refractivity contribution in [2.75, 3.05) is 5.32 Å². The molecule has 6 heteroatoms. The summed E-state index contributed by atoms with van der Waals surface area (Å²) in [6.07, 6.45) is 3.86. The second kappa shape index (κ2) is 3.64. The first-order chi connectivity index (χ1) is 7.39. The van der Waals surface area contributed by atoms with E-state index < -0.39 is 9.75 Å². The molecule has 0 aromatic carbocycles. The van der Waals surface area contributed by atoms with Crippen LogP contribution >= 0.6 is 23.2 Å². The van der Waals surface area contributed by atoms with Crippen molar-refractivity contribution in [1.29, 1.82) is 0 Å². The number of carbonyl (C=O) groups is 1. The first-order valence-electron chi connectivity index (χ1n) is 5.11. The predicted octanol–water partition coefficient (Wildman–Crippen LogP) is 2.43. The summed E-state index contributed by atoms with van der Waals surface area (Å²) in [5, 5.41) is 6.83. The Morgan fingerprint density at radius 2 is 2.31 bits per heavy atom. The lowest BCUT2D eigenvalue weighted by molar-refractivity contribution is -0.120. The highest BCUT2D eigenvalue weighted by molar-refractivity contribution is 6.53. The molecular formula is C10H13Cl2N3O. The van der Waals surface area contributed by atoms with Gasteiger partial charge in [0.05, 0.1) is 17.3 Å². The Kier molecular flexibility index (Phi) is 2.67. The Hall–Kier alpha value is -0.740. The largest absolute Gasteiger partial charge is 0.323 e. The highest BCUT2D eigenvalue weighted by Gasteiger charge is 2.67. The fourth-order valence-corrected chi connectivity index (χ4v) is 2.22. The fourth-order valence-electron chi connectivity index (χ4n) is 1.52. The number of aryl methyl sites for hydroxylation is 1. The zero-order valence-electron chi connectivity index (χ0n) is 9.13. The van der Waals surface area contributed by atoms with Gasteiger partial charge >= 0.3 is 0 Å². The van der Waals surface area contributed by atoms with Crippen LogP contribution in [-0.2, 0) is 11.3 Å². The highest BCUT2D eigenvalue weighted by atomic mass is 35.5. The minimum absolute atomic E-state index is 0.159. The smallest absolute Gasteiger partial charge is 0.233 e. The van der Waals surface area contributed by atoms with Crippen molar-refractivity contribution in [3.05, 3.63) is 12.4 Å². The van der Waals surface area contributed by atoms with E-state index in [0.29, 0.717) is 12.1 Å². The van der Waals surface area contributed by atoms with Crippen LogP contribution in [0.4, 0.5) is 5.69 Å². The molecule has 0 saturated heterocycles. The second-order valence-corrected chi connectivity index (χ2v) is 5.74. The van der Waals surface area contributed by atoms with E-state index in [1.807, 2.05) is 6.92 Å².